The van der Waals surface area contributed by atoms with Gasteiger partial charge in [-0.15, -0.1) is 0 Å². The molecular formula is C15H21BrN4O. The minimum Gasteiger partial charge on any atom is -0.497 e. The average molecular weight is 353 g/mol. The lowest BCUT2D eigenvalue weighted by molar-refractivity contribution is 0.412. The van der Waals surface area contributed by atoms with E-state index in [0.717, 1.165) is 35.4 Å². The second kappa shape index (κ2) is 7.56. The molecule has 0 saturated heterocycles. The lowest BCUT2D eigenvalue weighted by atomic mass is 10.0. The second-order valence-electron chi connectivity index (χ2n) is 4.90. The van der Waals surface area contributed by atoms with Gasteiger partial charge >= 0.3 is 0 Å². The summed E-state index contributed by atoms with van der Waals surface area (Å²) < 4.78 is 8.22. The number of ether oxygens (including phenoxy) is 1. The summed E-state index contributed by atoms with van der Waals surface area (Å²) >= 11 is 3.64. The zero-order chi connectivity index (χ0) is 15.2. The van der Waals surface area contributed by atoms with Gasteiger partial charge < -0.3 is 10.1 Å². The van der Waals surface area contributed by atoms with Crippen molar-refractivity contribution in [1.82, 2.24) is 20.1 Å². The van der Waals surface area contributed by atoms with Gasteiger partial charge in [-0.2, -0.15) is 5.10 Å². The molecule has 2 aromatic rings. The molecule has 0 aliphatic rings. The molecule has 5 nitrogen and oxygen atoms in total. The van der Waals surface area contributed by atoms with Crippen LogP contribution in [0.15, 0.2) is 29.0 Å². The van der Waals surface area contributed by atoms with Crippen molar-refractivity contribution in [2.45, 2.75) is 25.8 Å². The molecule has 0 bridgehead atoms. The number of methoxy groups -OCH3 is 1. The fourth-order valence-corrected chi connectivity index (χ4v) is 2.74. The number of aryl methyl sites for hydroxylation is 1. The van der Waals surface area contributed by atoms with Crippen molar-refractivity contribution in [1.29, 1.82) is 0 Å². The van der Waals surface area contributed by atoms with E-state index in [-0.39, 0.29) is 6.04 Å². The summed E-state index contributed by atoms with van der Waals surface area (Å²) in [5.74, 6) is 1.81. The molecule has 0 aliphatic heterocycles. The molecule has 6 heteroatoms. The fourth-order valence-electron chi connectivity index (χ4n) is 2.21. The molecule has 1 heterocycles. The Kier molecular flexibility index (Phi) is 5.76. The van der Waals surface area contributed by atoms with Crippen molar-refractivity contribution < 1.29 is 4.74 Å². The number of benzene rings is 1. The lowest BCUT2D eigenvalue weighted by Gasteiger charge is -2.20. The van der Waals surface area contributed by atoms with E-state index in [1.54, 1.807) is 13.4 Å². The van der Waals surface area contributed by atoms with E-state index in [2.05, 4.69) is 44.3 Å². The zero-order valence-electron chi connectivity index (χ0n) is 12.6. The van der Waals surface area contributed by atoms with Crippen LogP contribution < -0.4 is 10.1 Å². The summed E-state index contributed by atoms with van der Waals surface area (Å²) in [5.41, 5.74) is 1.17. The maximum absolute atomic E-state index is 5.34. The molecule has 0 amide bonds. The third kappa shape index (κ3) is 4.04. The Balaban J connectivity index is 2.28. The van der Waals surface area contributed by atoms with Crippen molar-refractivity contribution in [2.75, 3.05) is 13.7 Å². The first kappa shape index (κ1) is 16.0. The van der Waals surface area contributed by atoms with Gasteiger partial charge in [0.25, 0.3) is 0 Å². The molecule has 1 aromatic heterocycles. The van der Waals surface area contributed by atoms with E-state index >= 15 is 0 Å². The van der Waals surface area contributed by atoms with E-state index < -0.39 is 0 Å². The first-order valence-electron chi connectivity index (χ1n) is 7.05. The summed E-state index contributed by atoms with van der Waals surface area (Å²) in [6.45, 7) is 3.11. The summed E-state index contributed by atoms with van der Waals surface area (Å²) in [6, 6.07) is 6.20. The molecule has 0 fully saturated rings. The summed E-state index contributed by atoms with van der Waals surface area (Å²) in [5, 5.41) is 7.72. The average Bonchev–Trinajstić information content (AvgIpc) is 2.89. The predicted molar refractivity (Wildman–Crippen MR) is 86.4 cm³/mol. The van der Waals surface area contributed by atoms with Gasteiger partial charge in [0.2, 0.25) is 0 Å². The van der Waals surface area contributed by atoms with Gasteiger partial charge in [-0.1, -0.05) is 22.9 Å². The number of nitrogens with one attached hydrogen (secondary N) is 1. The van der Waals surface area contributed by atoms with Crippen molar-refractivity contribution in [3.05, 3.63) is 40.4 Å². The molecule has 114 valence electrons. The zero-order valence-corrected chi connectivity index (χ0v) is 14.2. The summed E-state index contributed by atoms with van der Waals surface area (Å²) in [6.07, 6.45) is 3.45. The maximum Gasteiger partial charge on any atom is 0.138 e. The molecule has 1 atom stereocenters. The SMILES string of the molecule is CCCNC(Cc1ncnn1C)c1cc(OC)ccc1Br. The Labute approximate surface area is 133 Å². The second-order valence-corrected chi connectivity index (χ2v) is 5.75. The van der Waals surface area contributed by atoms with E-state index in [1.807, 2.05) is 23.9 Å². The van der Waals surface area contributed by atoms with Gasteiger partial charge in [0.15, 0.2) is 0 Å². The third-order valence-electron chi connectivity index (χ3n) is 3.41. The van der Waals surface area contributed by atoms with Gasteiger partial charge in [0.1, 0.15) is 17.9 Å². The highest BCUT2D eigenvalue weighted by molar-refractivity contribution is 9.10. The van der Waals surface area contributed by atoms with E-state index in [0.29, 0.717) is 0 Å². The minimum atomic E-state index is 0.164. The van der Waals surface area contributed by atoms with Crippen LogP contribution in [-0.2, 0) is 13.5 Å². The van der Waals surface area contributed by atoms with E-state index in [9.17, 15) is 0 Å². The highest BCUT2D eigenvalue weighted by atomic mass is 79.9. The van der Waals surface area contributed by atoms with Crippen LogP contribution in [0.1, 0.15) is 30.8 Å². The van der Waals surface area contributed by atoms with Crippen LogP contribution in [0.2, 0.25) is 0 Å². The van der Waals surface area contributed by atoms with Crippen molar-refractivity contribution in [2.24, 2.45) is 7.05 Å². The molecule has 0 aliphatic carbocycles. The van der Waals surface area contributed by atoms with Crippen LogP contribution in [0, 0.1) is 0 Å². The molecular weight excluding hydrogens is 332 g/mol. The molecule has 1 aromatic carbocycles. The summed E-state index contributed by atoms with van der Waals surface area (Å²) in [4.78, 5) is 4.33. The van der Waals surface area contributed by atoms with Crippen LogP contribution >= 0.6 is 15.9 Å². The number of rotatable bonds is 7. The first-order chi connectivity index (χ1) is 10.2. The number of halogens is 1. The fraction of sp³-hybridized carbons (Fsp3) is 0.467. The van der Waals surface area contributed by atoms with Crippen molar-refractivity contribution >= 4 is 15.9 Å². The third-order valence-corrected chi connectivity index (χ3v) is 4.13. The first-order valence-corrected chi connectivity index (χ1v) is 7.84. The van der Waals surface area contributed by atoms with Crippen LogP contribution in [0.5, 0.6) is 5.75 Å². The van der Waals surface area contributed by atoms with Crippen LogP contribution in [0.25, 0.3) is 0 Å². The Morgan fingerprint density at radius 3 is 2.86 bits per heavy atom. The van der Waals surface area contributed by atoms with Gasteiger partial charge in [0.05, 0.1) is 7.11 Å². The molecule has 2 rings (SSSR count). The Bertz CT molecular complexity index is 585. The molecule has 0 radical (unpaired) electrons. The number of aromatic nitrogens is 3. The van der Waals surface area contributed by atoms with Crippen molar-refractivity contribution in [3.8, 4) is 5.75 Å². The van der Waals surface area contributed by atoms with Gasteiger partial charge in [0, 0.05) is 24.0 Å². The van der Waals surface area contributed by atoms with Gasteiger partial charge in [-0.25, -0.2) is 4.98 Å². The van der Waals surface area contributed by atoms with Crippen LogP contribution in [-0.4, -0.2) is 28.4 Å². The highest BCUT2D eigenvalue weighted by Crippen LogP contribution is 2.29. The molecule has 0 spiro atoms. The Morgan fingerprint density at radius 1 is 1.43 bits per heavy atom. The largest absolute Gasteiger partial charge is 0.497 e. The topological polar surface area (TPSA) is 52.0 Å². The lowest BCUT2D eigenvalue weighted by Crippen LogP contribution is -2.25. The Hall–Kier alpha value is -1.40. The van der Waals surface area contributed by atoms with Crippen molar-refractivity contribution in [3.63, 3.8) is 0 Å². The predicted octanol–water partition coefficient (Wildman–Crippen LogP) is 2.87. The Morgan fingerprint density at radius 2 is 2.24 bits per heavy atom. The van der Waals surface area contributed by atoms with E-state index in [1.165, 1.54) is 5.56 Å². The quantitative estimate of drug-likeness (QED) is 0.832. The number of hydrogen-bond donors (Lipinski definition) is 1. The minimum absolute atomic E-state index is 0.164. The molecule has 21 heavy (non-hydrogen) atoms. The number of nitrogens with zero attached hydrogens (tertiary/aromatic N) is 3. The smallest absolute Gasteiger partial charge is 0.138 e. The van der Waals surface area contributed by atoms with Crippen LogP contribution in [0.3, 0.4) is 0 Å². The molecule has 0 saturated carbocycles. The molecule has 1 unspecified atom stereocenters. The van der Waals surface area contributed by atoms with Crippen LogP contribution in [0.4, 0.5) is 0 Å². The monoisotopic (exact) mass is 352 g/mol. The van der Waals surface area contributed by atoms with E-state index in [4.69, 9.17) is 4.74 Å². The number of hydrogen-bond acceptors (Lipinski definition) is 4. The standard InChI is InChI=1S/C15H21BrN4O/c1-4-7-17-14(9-15-18-10-19-20(15)2)12-8-11(21-3)5-6-13(12)16/h5-6,8,10,14,17H,4,7,9H2,1-3H3. The maximum atomic E-state index is 5.34. The summed E-state index contributed by atoms with van der Waals surface area (Å²) in [7, 11) is 3.60. The van der Waals surface area contributed by atoms with Gasteiger partial charge in [-0.05, 0) is 36.7 Å². The highest BCUT2D eigenvalue weighted by Gasteiger charge is 2.18. The normalized spacial score (nSPS) is 12.4. The van der Waals surface area contributed by atoms with Gasteiger partial charge in [-0.3, -0.25) is 4.68 Å². The molecule has 1 N–H and O–H groups in total.